The van der Waals surface area contributed by atoms with E-state index in [2.05, 4.69) is 56.3 Å². The molecule has 0 radical (unpaired) electrons. The van der Waals surface area contributed by atoms with E-state index >= 15 is 0 Å². The molecule has 1 aromatic carbocycles. The molecular formula is C15H24NP. The number of nitrogens with zero attached hydrogens (tertiary/aromatic N) is 1. The van der Waals surface area contributed by atoms with Gasteiger partial charge in [0.25, 0.3) is 0 Å². The molecule has 17 heavy (non-hydrogen) atoms. The molecular weight excluding hydrogens is 225 g/mol. The first-order valence-electron chi connectivity index (χ1n) is 6.59. The first kappa shape index (κ1) is 12.9. The Morgan fingerprint density at radius 3 is 2.24 bits per heavy atom. The van der Waals surface area contributed by atoms with Crippen LogP contribution in [0.5, 0.6) is 0 Å². The molecule has 2 heteroatoms. The number of para-hydroxylation sites is 1. The van der Waals surface area contributed by atoms with E-state index in [1.807, 2.05) is 0 Å². The molecule has 0 saturated carbocycles. The zero-order valence-corrected chi connectivity index (χ0v) is 12.4. The average Bonchev–Trinajstić information content (AvgIpc) is 2.27. The van der Waals surface area contributed by atoms with Gasteiger partial charge < -0.3 is 4.90 Å². The molecule has 2 atom stereocenters. The molecule has 1 fully saturated rings. The zero-order chi connectivity index (χ0) is 12.4. The van der Waals surface area contributed by atoms with Gasteiger partial charge in [-0.25, -0.2) is 0 Å². The lowest BCUT2D eigenvalue weighted by atomic mass is 9.91. The van der Waals surface area contributed by atoms with Gasteiger partial charge in [-0.3, -0.25) is 0 Å². The van der Waals surface area contributed by atoms with Crippen molar-refractivity contribution in [1.29, 1.82) is 0 Å². The Bertz CT molecular complexity index is 365. The summed E-state index contributed by atoms with van der Waals surface area (Å²) in [5.41, 5.74) is 1.49. The van der Waals surface area contributed by atoms with Gasteiger partial charge in [0.05, 0.1) is 0 Å². The molecule has 0 N–H and O–H groups in total. The van der Waals surface area contributed by atoms with Crippen LogP contribution in [-0.4, -0.2) is 26.4 Å². The predicted molar refractivity (Wildman–Crippen MR) is 80.0 cm³/mol. The minimum absolute atomic E-state index is 0.0114. The summed E-state index contributed by atoms with van der Waals surface area (Å²) in [6.07, 6.45) is 1.38. The van der Waals surface area contributed by atoms with Crippen LogP contribution in [0.15, 0.2) is 24.3 Å². The van der Waals surface area contributed by atoms with Gasteiger partial charge in [-0.1, -0.05) is 40.0 Å². The molecule has 2 rings (SSSR count). The van der Waals surface area contributed by atoms with Crippen molar-refractivity contribution in [3.63, 3.8) is 0 Å². The van der Waals surface area contributed by atoms with E-state index in [9.17, 15) is 0 Å². The highest BCUT2D eigenvalue weighted by Crippen LogP contribution is 2.32. The van der Waals surface area contributed by atoms with Crippen LogP contribution in [0.4, 0.5) is 5.69 Å². The van der Waals surface area contributed by atoms with Gasteiger partial charge in [0.2, 0.25) is 0 Å². The normalized spacial score (nSPS) is 25.4. The fourth-order valence-corrected chi connectivity index (χ4v) is 4.03. The monoisotopic (exact) mass is 249 g/mol. The van der Waals surface area contributed by atoms with Crippen molar-refractivity contribution in [2.24, 2.45) is 11.8 Å². The Labute approximate surface area is 107 Å². The summed E-state index contributed by atoms with van der Waals surface area (Å²) in [6.45, 7) is 11.9. The molecule has 1 aliphatic heterocycles. The van der Waals surface area contributed by atoms with Crippen LogP contribution in [0.3, 0.4) is 0 Å². The summed E-state index contributed by atoms with van der Waals surface area (Å²) in [4.78, 5) is 2.61. The van der Waals surface area contributed by atoms with Crippen molar-refractivity contribution in [2.75, 3.05) is 31.3 Å². The van der Waals surface area contributed by atoms with Crippen LogP contribution in [0.25, 0.3) is 0 Å². The maximum Gasteiger partial charge on any atom is 0.0444 e. The van der Waals surface area contributed by atoms with E-state index in [0.29, 0.717) is 0 Å². The van der Waals surface area contributed by atoms with E-state index < -0.39 is 0 Å². The number of anilines is 1. The van der Waals surface area contributed by atoms with Gasteiger partial charge in [0.1, 0.15) is 0 Å². The standard InChI is InChI=1S/C15H24NP/c1-12-9-13(2)11-16(10-12)14-7-5-6-8-15(14)17(3)4/h5-8,12-13H,9-11H2,1-4H3. The lowest BCUT2D eigenvalue weighted by Gasteiger charge is -2.38. The molecule has 94 valence electrons. The van der Waals surface area contributed by atoms with Crippen molar-refractivity contribution in [3.8, 4) is 0 Å². The van der Waals surface area contributed by atoms with Gasteiger partial charge in [-0.05, 0) is 43.0 Å². The molecule has 0 aliphatic carbocycles. The van der Waals surface area contributed by atoms with Gasteiger partial charge in [0, 0.05) is 18.8 Å². The molecule has 1 aliphatic rings. The fraction of sp³-hybridized carbons (Fsp3) is 0.600. The van der Waals surface area contributed by atoms with Gasteiger partial charge in [0.15, 0.2) is 0 Å². The minimum atomic E-state index is -0.0114. The van der Waals surface area contributed by atoms with Crippen molar-refractivity contribution in [1.82, 2.24) is 0 Å². The van der Waals surface area contributed by atoms with Crippen LogP contribution in [0, 0.1) is 11.8 Å². The maximum absolute atomic E-state index is 2.61. The van der Waals surface area contributed by atoms with Gasteiger partial charge >= 0.3 is 0 Å². The highest BCUT2D eigenvalue weighted by Gasteiger charge is 2.23. The highest BCUT2D eigenvalue weighted by molar-refractivity contribution is 7.64. The maximum atomic E-state index is 2.61. The Hall–Kier alpha value is -0.550. The third-order valence-electron chi connectivity index (χ3n) is 3.57. The number of hydrogen-bond acceptors (Lipinski definition) is 1. The second kappa shape index (κ2) is 5.40. The molecule has 1 aromatic rings. The predicted octanol–water partition coefficient (Wildman–Crippen LogP) is 3.54. The Kier molecular flexibility index (Phi) is 4.09. The number of hydrogen-bond donors (Lipinski definition) is 0. The SMILES string of the molecule is CC1CC(C)CN(c2ccccc2P(C)C)C1. The third-order valence-corrected chi connectivity index (χ3v) is 4.91. The second-order valence-electron chi connectivity index (χ2n) is 5.73. The Balaban J connectivity index is 2.27. The fourth-order valence-electron chi connectivity index (χ4n) is 2.97. The number of rotatable bonds is 2. The quantitative estimate of drug-likeness (QED) is 0.725. The van der Waals surface area contributed by atoms with E-state index in [-0.39, 0.29) is 7.92 Å². The minimum Gasteiger partial charge on any atom is -0.370 e. The van der Waals surface area contributed by atoms with Crippen molar-refractivity contribution < 1.29 is 0 Å². The van der Waals surface area contributed by atoms with E-state index in [4.69, 9.17) is 0 Å². The molecule has 1 nitrogen and oxygen atoms in total. The van der Waals surface area contributed by atoms with Crippen LogP contribution < -0.4 is 10.2 Å². The Morgan fingerprint density at radius 2 is 1.65 bits per heavy atom. The summed E-state index contributed by atoms with van der Waals surface area (Å²) in [5, 5.41) is 1.56. The van der Waals surface area contributed by atoms with Crippen molar-refractivity contribution >= 4 is 18.9 Å². The van der Waals surface area contributed by atoms with E-state index in [1.54, 1.807) is 5.30 Å². The first-order chi connectivity index (χ1) is 8.08. The molecule has 2 unspecified atom stereocenters. The van der Waals surface area contributed by atoms with E-state index in [1.165, 1.54) is 25.2 Å². The summed E-state index contributed by atoms with van der Waals surface area (Å²) >= 11 is 0. The van der Waals surface area contributed by atoms with Gasteiger partial charge in [-0.15, -0.1) is 0 Å². The lowest BCUT2D eigenvalue weighted by molar-refractivity contribution is 0.357. The number of benzene rings is 1. The van der Waals surface area contributed by atoms with Crippen LogP contribution in [0.2, 0.25) is 0 Å². The van der Waals surface area contributed by atoms with Gasteiger partial charge in [-0.2, -0.15) is 0 Å². The van der Waals surface area contributed by atoms with Crippen LogP contribution in [-0.2, 0) is 0 Å². The summed E-state index contributed by atoms with van der Waals surface area (Å²) in [6, 6.07) is 8.98. The topological polar surface area (TPSA) is 3.24 Å². The summed E-state index contributed by atoms with van der Waals surface area (Å²) in [5.74, 6) is 1.65. The van der Waals surface area contributed by atoms with Crippen molar-refractivity contribution in [2.45, 2.75) is 20.3 Å². The first-order valence-corrected chi connectivity index (χ1v) is 8.83. The summed E-state index contributed by atoms with van der Waals surface area (Å²) in [7, 11) is -0.0114. The zero-order valence-electron chi connectivity index (χ0n) is 11.5. The smallest absolute Gasteiger partial charge is 0.0444 e. The van der Waals surface area contributed by atoms with E-state index in [0.717, 1.165) is 11.8 Å². The number of piperidine rings is 1. The molecule has 0 bridgehead atoms. The van der Waals surface area contributed by atoms with Crippen LogP contribution in [0.1, 0.15) is 20.3 Å². The largest absolute Gasteiger partial charge is 0.370 e. The summed E-state index contributed by atoms with van der Waals surface area (Å²) < 4.78 is 0. The molecule has 1 saturated heterocycles. The molecule has 0 aromatic heterocycles. The van der Waals surface area contributed by atoms with Crippen LogP contribution >= 0.6 is 7.92 Å². The van der Waals surface area contributed by atoms with Crippen molar-refractivity contribution in [3.05, 3.63) is 24.3 Å². The second-order valence-corrected chi connectivity index (χ2v) is 8.00. The Morgan fingerprint density at radius 1 is 1.06 bits per heavy atom. The molecule has 1 heterocycles. The highest BCUT2D eigenvalue weighted by atomic mass is 31.1. The lowest BCUT2D eigenvalue weighted by Crippen LogP contribution is -2.40. The third kappa shape index (κ3) is 3.01. The molecule has 0 amide bonds. The molecule has 0 spiro atoms. The average molecular weight is 249 g/mol.